The molecule has 0 saturated heterocycles. The Morgan fingerprint density at radius 3 is 2.48 bits per heavy atom. The Hall–Kier alpha value is -3.86. The Balaban J connectivity index is 1.71. The molecule has 0 atom stereocenters. The number of rotatable bonds is 4. The molecule has 0 fully saturated rings. The highest BCUT2D eigenvalue weighted by Gasteiger charge is 2.19. The second-order valence-electron chi connectivity index (χ2n) is 6.80. The van der Waals surface area contributed by atoms with E-state index in [4.69, 9.17) is 0 Å². The Morgan fingerprint density at radius 2 is 1.83 bits per heavy atom. The minimum atomic E-state index is -0.327. The molecule has 0 aliphatic rings. The summed E-state index contributed by atoms with van der Waals surface area (Å²) in [5, 5.41) is 18.7. The van der Waals surface area contributed by atoms with Crippen LogP contribution in [0.15, 0.2) is 42.7 Å². The predicted molar refractivity (Wildman–Crippen MR) is 105 cm³/mol. The number of halogens is 1. The Kier molecular flexibility index (Phi) is 4.64. The Bertz CT molecular complexity index is 1230. The number of aryl methyl sites for hydroxylation is 3. The van der Waals surface area contributed by atoms with E-state index in [0.29, 0.717) is 29.2 Å². The quantitative estimate of drug-likeness (QED) is 0.536. The van der Waals surface area contributed by atoms with Gasteiger partial charge in [-0.2, -0.15) is 15.5 Å². The second-order valence-corrected chi connectivity index (χ2v) is 6.80. The molecule has 3 heterocycles. The number of hydrogen-bond acceptors (Lipinski definition) is 5. The third-order valence-corrected chi connectivity index (χ3v) is 4.63. The van der Waals surface area contributed by atoms with Gasteiger partial charge in [-0.05, 0) is 44.2 Å². The normalized spacial score (nSPS) is 10.9. The molecular formula is C21H18FN7. The summed E-state index contributed by atoms with van der Waals surface area (Å²) in [7, 11) is 1.77. The molecule has 0 N–H and O–H groups in total. The maximum absolute atomic E-state index is 13.3. The number of hydrogen-bond donors (Lipinski definition) is 0. The minimum Gasteiger partial charge on any atom is -0.266 e. The van der Waals surface area contributed by atoms with Crippen LogP contribution in [0.5, 0.6) is 0 Å². The smallest absolute Gasteiger partial charge is 0.157 e. The maximum Gasteiger partial charge on any atom is 0.157 e. The third-order valence-electron chi connectivity index (χ3n) is 4.63. The van der Waals surface area contributed by atoms with Crippen molar-refractivity contribution in [2.24, 2.45) is 7.05 Å². The highest BCUT2D eigenvalue weighted by Crippen LogP contribution is 2.27. The van der Waals surface area contributed by atoms with Gasteiger partial charge in [0.2, 0.25) is 0 Å². The number of nitrogens with zero attached hydrogens (tertiary/aromatic N) is 7. The molecule has 0 unspecified atom stereocenters. The molecule has 8 heteroatoms. The first-order valence-corrected chi connectivity index (χ1v) is 9.02. The van der Waals surface area contributed by atoms with Crippen molar-refractivity contribution in [2.45, 2.75) is 20.3 Å². The van der Waals surface area contributed by atoms with Gasteiger partial charge in [-0.1, -0.05) is 0 Å². The van der Waals surface area contributed by atoms with Gasteiger partial charge < -0.3 is 0 Å². The molecular weight excluding hydrogens is 369 g/mol. The van der Waals surface area contributed by atoms with Crippen molar-refractivity contribution in [1.82, 2.24) is 29.5 Å². The largest absolute Gasteiger partial charge is 0.266 e. The van der Waals surface area contributed by atoms with E-state index in [2.05, 4.69) is 26.2 Å². The minimum absolute atomic E-state index is 0.327. The zero-order valence-electron chi connectivity index (χ0n) is 16.3. The molecule has 7 nitrogen and oxygen atoms in total. The first-order chi connectivity index (χ1) is 14.0. The van der Waals surface area contributed by atoms with E-state index in [1.165, 1.54) is 18.5 Å². The summed E-state index contributed by atoms with van der Waals surface area (Å²) in [5.41, 5.74) is 5.04. The van der Waals surface area contributed by atoms with Gasteiger partial charge in [0.25, 0.3) is 0 Å². The molecule has 144 valence electrons. The van der Waals surface area contributed by atoms with Crippen molar-refractivity contribution in [1.29, 1.82) is 5.26 Å². The average molecular weight is 387 g/mol. The summed E-state index contributed by atoms with van der Waals surface area (Å²) in [4.78, 5) is 8.64. The van der Waals surface area contributed by atoms with Crippen molar-refractivity contribution < 1.29 is 4.39 Å². The van der Waals surface area contributed by atoms with Crippen molar-refractivity contribution >= 4 is 0 Å². The lowest BCUT2D eigenvalue weighted by molar-refractivity contribution is 0.628. The standard InChI is InChI=1S/C21H18FN7/c1-13-8-14(2)29(26-13)20-10-17(24-12-25-20)9-19-18(11-23)21(28(3)27-19)15-4-6-16(22)7-5-15/h4-8,10,12H,9H2,1-3H3. The first-order valence-electron chi connectivity index (χ1n) is 9.02. The summed E-state index contributed by atoms with van der Waals surface area (Å²) in [6, 6.07) is 12.1. The lowest BCUT2D eigenvalue weighted by Gasteiger charge is -2.05. The monoisotopic (exact) mass is 387 g/mol. The fraction of sp³-hybridized carbons (Fsp3) is 0.190. The molecule has 0 bridgehead atoms. The molecule has 29 heavy (non-hydrogen) atoms. The van der Waals surface area contributed by atoms with Crippen LogP contribution in [0.3, 0.4) is 0 Å². The average Bonchev–Trinajstić information content (AvgIpc) is 3.20. The third kappa shape index (κ3) is 3.50. The summed E-state index contributed by atoms with van der Waals surface area (Å²) in [6.45, 7) is 3.89. The molecule has 4 rings (SSSR count). The van der Waals surface area contributed by atoms with Crippen LogP contribution < -0.4 is 0 Å². The molecule has 0 radical (unpaired) electrons. The van der Waals surface area contributed by atoms with E-state index in [0.717, 1.165) is 22.6 Å². The predicted octanol–water partition coefficient (Wildman–Crippen LogP) is 3.28. The molecule has 0 amide bonds. The number of benzene rings is 1. The fourth-order valence-electron chi connectivity index (χ4n) is 3.39. The van der Waals surface area contributed by atoms with Gasteiger partial charge in [-0.25, -0.2) is 19.0 Å². The van der Waals surface area contributed by atoms with Crippen LogP contribution in [0.25, 0.3) is 17.1 Å². The molecule has 0 saturated carbocycles. The van der Waals surface area contributed by atoms with Crippen LogP contribution in [0.2, 0.25) is 0 Å². The van der Waals surface area contributed by atoms with Gasteiger partial charge in [-0.15, -0.1) is 0 Å². The van der Waals surface area contributed by atoms with Crippen LogP contribution in [-0.4, -0.2) is 29.5 Å². The zero-order valence-corrected chi connectivity index (χ0v) is 16.3. The zero-order chi connectivity index (χ0) is 20.5. The lowest BCUT2D eigenvalue weighted by Crippen LogP contribution is -2.05. The van der Waals surface area contributed by atoms with Crippen LogP contribution in [-0.2, 0) is 13.5 Å². The molecule has 0 spiro atoms. The van der Waals surface area contributed by atoms with Gasteiger partial charge in [0.05, 0.1) is 22.8 Å². The summed E-state index contributed by atoms with van der Waals surface area (Å²) < 4.78 is 16.7. The van der Waals surface area contributed by atoms with Gasteiger partial charge >= 0.3 is 0 Å². The highest BCUT2D eigenvalue weighted by atomic mass is 19.1. The first kappa shape index (κ1) is 18.5. The Morgan fingerprint density at radius 1 is 1.07 bits per heavy atom. The van der Waals surface area contributed by atoms with E-state index in [1.54, 1.807) is 28.5 Å². The van der Waals surface area contributed by atoms with Crippen LogP contribution in [0.1, 0.15) is 28.3 Å². The molecule has 4 aromatic rings. The summed E-state index contributed by atoms with van der Waals surface area (Å²) in [5.74, 6) is 0.334. The van der Waals surface area contributed by atoms with Gasteiger partial charge in [-0.3, -0.25) is 4.68 Å². The molecule has 0 aliphatic heterocycles. The maximum atomic E-state index is 13.3. The van der Waals surface area contributed by atoms with E-state index in [1.807, 2.05) is 26.0 Å². The summed E-state index contributed by atoms with van der Waals surface area (Å²) in [6.07, 6.45) is 1.85. The fourth-order valence-corrected chi connectivity index (χ4v) is 3.39. The van der Waals surface area contributed by atoms with Gasteiger partial charge in [0.1, 0.15) is 23.8 Å². The van der Waals surface area contributed by atoms with Crippen LogP contribution in [0, 0.1) is 31.0 Å². The number of nitriles is 1. The molecule has 3 aromatic heterocycles. The van der Waals surface area contributed by atoms with E-state index in [-0.39, 0.29) is 5.82 Å². The highest BCUT2D eigenvalue weighted by molar-refractivity contribution is 5.68. The van der Waals surface area contributed by atoms with E-state index < -0.39 is 0 Å². The SMILES string of the molecule is Cc1cc(C)n(-c2cc(Cc3nn(C)c(-c4ccc(F)cc4)c3C#N)ncn2)n1. The molecule has 0 aliphatic carbocycles. The topological polar surface area (TPSA) is 85.2 Å². The van der Waals surface area contributed by atoms with Crippen LogP contribution >= 0.6 is 0 Å². The number of aromatic nitrogens is 6. The van der Waals surface area contributed by atoms with Crippen molar-refractivity contribution in [3.63, 3.8) is 0 Å². The summed E-state index contributed by atoms with van der Waals surface area (Å²) >= 11 is 0. The van der Waals surface area contributed by atoms with Crippen molar-refractivity contribution in [3.8, 4) is 23.1 Å². The van der Waals surface area contributed by atoms with E-state index >= 15 is 0 Å². The Labute approximate surface area is 167 Å². The van der Waals surface area contributed by atoms with E-state index in [9.17, 15) is 9.65 Å². The van der Waals surface area contributed by atoms with Crippen molar-refractivity contribution in [2.75, 3.05) is 0 Å². The van der Waals surface area contributed by atoms with Crippen molar-refractivity contribution in [3.05, 3.63) is 76.9 Å². The lowest BCUT2D eigenvalue weighted by atomic mass is 10.0. The second kappa shape index (κ2) is 7.28. The van der Waals surface area contributed by atoms with Gasteiger partial charge in [0, 0.05) is 30.8 Å². The van der Waals surface area contributed by atoms with Crippen LogP contribution in [0.4, 0.5) is 4.39 Å². The molecule has 1 aromatic carbocycles. The van der Waals surface area contributed by atoms with Gasteiger partial charge in [0.15, 0.2) is 5.82 Å².